The Labute approximate surface area is 187 Å². The van der Waals surface area contributed by atoms with Crippen LogP contribution in [0.15, 0.2) is 42.0 Å². The highest BCUT2D eigenvalue weighted by Gasteiger charge is 2.41. The van der Waals surface area contributed by atoms with Crippen molar-refractivity contribution in [3.63, 3.8) is 0 Å². The molecule has 4 rings (SSSR count). The summed E-state index contributed by atoms with van der Waals surface area (Å²) < 4.78 is 37.7. The van der Waals surface area contributed by atoms with E-state index in [1.165, 1.54) is 11.3 Å². The zero-order valence-corrected chi connectivity index (χ0v) is 18.1. The molecule has 1 unspecified atom stereocenters. The minimum absolute atomic E-state index is 0.00247. The van der Waals surface area contributed by atoms with Crippen molar-refractivity contribution in [1.82, 2.24) is 9.88 Å². The second-order valence-corrected chi connectivity index (χ2v) is 8.74. The minimum atomic E-state index is -5.08. The quantitative estimate of drug-likeness (QED) is 0.722. The van der Waals surface area contributed by atoms with E-state index in [-0.39, 0.29) is 11.3 Å². The van der Waals surface area contributed by atoms with Gasteiger partial charge in [0.1, 0.15) is 0 Å². The topological polar surface area (TPSA) is 83.0 Å². The molecule has 1 N–H and O–H groups in total. The van der Waals surface area contributed by atoms with Crippen LogP contribution < -0.4 is 4.90 Å². The summed E-state index contributed by atoms with van der Waals surface area (Å²) in [6, 6.07) is 7.93. The standard InChI is InChI=1S/C19H23N3O2S.C2HF3O2/c23-18(17-5-2-11-25-17)22-8-3-6-19(14-22)13-21(9-10-24-15-19)16-4-1-7-20-12-16;3-2(4,5)1(6)7/h1-2,4-5,7,11-12H,3,6,8-10,13-15H2;(H,6,7). The van der Waals surface area contributed by atoms with Crippen molar-refractivity contribution in [2.75, 3.05) is 44.3 Å². The molecule has 7 nitrogen and oxygen atoms in total. The number of thiophene rings is 1. The van der Waals surface area contributed by atoms with Gasteiger partial charge in [-0.05, 0) is 36.4 Å². The number of carboxylic acid groups (broad SMARTS) is 1. The molecule has 0 bridgehead atoms. The van der Waals surface area contributed by atoms with Crippen LogP contribution in [0.4, 0.5) is 18.9 Å². The number of aromatic nitrogens is 1. The molecule has 2 fully saturated rings. The van der Waals surface area contributed by atoms with Crippen LogP contribution in [-0.4, -0.2) is 72.4 Å². The number of rotatable bonds is 2. The molecule has 2 aromatic rings. The van der Waals surface area contributed by atoms with Crippen LogP contribution >= 0.6 is 11.3 Å². The normalized spacial score (nSPS) is 21.5. The van der Waals surface area contributed by atoms with Crippen molar-refractivity contribution in [2.24, 2.45) is 5.41 Å². The number of nitrogens with zero attached hydrogens (tertiary/aromatic N) is 3. The molecule has 1 spiro atoms. The van der Waals surface area contributed by atoms with Crippen LogP contribution in [-0.2, 0) is 9.53 Å². The lowest BCUT2D eigenvalue weighted by Crippen LogP contribution is -2.52. The van der Waals surface area contributed by atoms with Crippen LogP contribution in [0.25, 0.3) is 0 Å². The number of ether oxygens (including phenoxy) is 1. The molecule has 174 valence electrons. The lowest BCUT2D eigenvalue weighted by molar-refractivity contribution is -0.192. The first-order valence-corrected chi connectivity index (χ1v) is 10.9. The van der Waals surface area contributed by atoms with Gasteiger partial charge in [0.25, 0.3) is 5.91 Å². The Morgan fingerprint density at radius 1 is 1.19 bits per heavy atom. The molecule has 1 atom stereocenters. The number of hydrogen-bond acceptors (Lipinski definition) is 6. The molecule has 2 aliphatic rings. The van der Waals surface area contributed by atoms with Gasteiger partial charge >= 0.3 is 12.1 Å². The molecule has 1 amide bonds. The first kappa shape index (κ1) is 24.0. The van der Waals surface area contributed by atoms with Crippen LogP contribution in [0.2, 0.25) is 0 Å². The minimum Gasteiger partial charge on any atom is -0.475 e. The van der Waals surface area contributed by atoms with E-state index >= 15 is 0 Å². The molecule has 0 saturated carbocycles. The molecule has 2 aromatic heterocycles. The second-order valence-electron chi connectivity index (χ2n) is 7.80. The van der Waals surface area contributed by atoms with Gasteiger partial charge in [0.05, 0.1) is 30.0 Å². The Balaban J connectivity index is 0.000000360. The molecule has 2 saturated heterocycles. The number of anilines is 1. The van der Waals surface area contributed by atoms with Crippen LogP contribution in [0.3, 0.4) is 0 Å². The summed E-state index contributed by atoms with van der Waals surface area (Å²) in [4.78, 5) is 31.2. The average Bonchev–Trinajstić information content (AvgIpc) is 3.23. The van der Waals surface area contributed by atoms with E-state index in [1.54, 1.807) is 6.20 Å². The van der Waals surface area contributed by atoms with Gasteiger partial charge in [-0.1, -0.05) is 6.07 Å². The summed E-state index contributed by atoms with van der Waals surface area (Å²) in [7, 11) is 0. The molecule has 0 aliphatic carbocycles. The lowest BCUT2D eigenvalue weighted by Gasteiger charge is -2.43. The van der Waals surface area contributed by atoms with E-state index in [4.69, 9.17) is 14.6 Å². The summed E-state index contributed by atoms with van der Waals surface area (Å²) in [6.07, 6.45) is 0.755. The van der Waals surface area contributed by atoms with Gasteiger partial charge in [-0.2, -0.15) is 13.2 Å². The zero-order chi connectivity index (χ0) is 23.2. The maximum Gasteiger partial charge on any atom is 0.490 e. The monoisotopic (exact) mass is 471 g/mol. The van der Waals surface area contributed by atoms with E-state index in [1.807, 2.05) is 34.7 Å². The van der Waals surface area contributed by atoms with E-state index in [9.17, 15) is 18.0 Å². The number of carboxylic acids is 1. The van der Waals surface area contributed by atoms with E-state index in [0.29, 0.717) is 0 Å². The summed E-state index contributed by atoms with van der Waals surface area (Å²) in [5.74, 6) is -2.60. The largest absolute Gasteiger partial charge is 0.490 e. The predicted molar refractivity (Wildman–Crippen MR) is 113 cm³/mol. The number of piperidine rings is 1. The number of aliphatic carboxylic acids is 1. The second kappa shape index (κ2) is 10.3. The smallest absolute Gasteiger partial charge is 0.475 e. The van der Waals surface area contributed by atoms with E-state index in [0.717, 1.165) is 62.8 Å². The highest BCUT2D eigenvalue weighted by atomic mass is 32.1. The fraction of sp³-hybridized carbons (Fsp3) is 0.476. The van der Waals surface area contributed by atoms with Gasteiger partial charge in [0.2, 0.25) is 0 Å². The van der Waals surface area contributed by atoms with Gasteiger partial charge in [-0.25, -0.2) is 4.79 Å². The maximum absolute atomic E-state index is 12.8. The van der Waals surface area contributed by atoms with Crippen molar-refractivity contribution in [2.45, 2.75) is 19.0 Å². The predicted octanol–water partition coefficient (Wildman–Crippen LogP) is 3.54. The summed E-state index contributed by atoms with van der Waals surface area (Å²) in [6.45, 7) is 4.82. The van der Waals surface area contributed by atoms with Gasteiger partial charge < -0.3 is 19.6 Å². The van der Waals surface area contributed by atoms with Crippen LogP contribution in [0.1, 0.15) is 22.5 Å². The van der Waals surface area contributed by atoms with E-state index in [2.05, 4.69) is 16.0 Å². The molecule has 11 heteroatoms. The molecular formula is C21H24F3N3O4S. The molecule has 0 aromatic carbocycles. The highest BCUT2D eigenvalue weighted by Crippen LogP contribution is 2.35. The van der Waals surface area contributed by atoms with Gasteiger partial charge in [0.15, 0.2) is 0 Å². The first-order valence-electron chi connectivity index (χ1n) is 10.1. The van der Waals surface area contributed by atoms with Crippen LogP contribution in [0, 0.1) is 5.41 Å². The Morgan fingerprint density at radius 2 is 1.97 bits per heavy atom. The number of likely N-dealkylation sites (tertiary alicyclic amines) is 1. The number of hydrogen-bond donors (Lipinski definition) is 1. The number of carbonyl (C=O) groups is 2. The van der Waals surface area contributed by atoms with Gasteiger partial charge in [-0.15, -0.1) is 11.3 Å². The molecular weight excluding hydrogens is 447 g/mol. The average molecular weight is 472 g/mol. The van der Waals surface area contributed by atoms with Crippen molar-refractivity contribution >= 4 is 28.9 Å². The highest BCUT2D eigenvalue weighted by molar-refractivity contribution is 7.12. The molecule has 4 heterocycles. The number of halogens is 3. The Kier molecular flexibility index (Phi) is 7.73. The Morgan fingerprint density at radius 3 is 2.59 bits per heavy atom. The van der Waals surface area contributed by atoms with E-state index < -0.39 is 12.1 Å². The third-order valence-electron chi connectivity index (χ3n) is 5.37. The maximum atomic E-state index is 12.8. The SMILES string of the molecule is O=C(O)C(F)(F)F.O=C(c1cccs1)N1CCCC2(COCCN(c3cccnc3)C2)C1. The van der Waals surface area contributed by atoms with Gasteiger partial charge in [0, 0.05) is 37.8 Å². The third-order valence-corrected chi connectivity index (χ3v) is 6.23. The first-order chi connectivity index (χ1) is 15.2. The van der Waals surface area contributed by atoms with Crippen molar-refractivity contribution in [1.29, 1.82) is 0 Å². The summed E-state index contributed by atoms with van der Waals surface area (Å²) in [5, 5.41) is 9.09. The van der Waals surface area contributed by atoms with Crippen molar-refractivity contribution in [3.05, 3.63) is 46.9 Å². The number of pyridine rings is 1. The molecule has 0 radical (unpaired) electrons. The summed E-state index contributed by atoms with van der Waals surface area (Å²) in [5.41, 5.74) is 1.13. The zero-order valence-electron chi connectivity index (χ0n) is 17.3. The van der Waals surface area contributed by atoms with Crippen LogP contribution in [0.5, 0.6) is 0 Å². The fourth-order valence-corrected chi connectivity index (χ4v) is 4.63. The third kappa shape index (κ3) is 6.19. The van der Waals surface area contributed by atoms with Crippen molar-refractivity contribution < 1.29 is 32.6 Å². The number of amides is 1. The summed E-state index contributed by atoms with van der Waals surface area (Å²) >= 11 is 1.52. The van der Waals surface area contributed by atoms with Crippen molar-refractivity contribution in [3.8, 4) is 0 Å². The Hall–Kier alpha value is -2.66. The number of carbonyl (C=O) groups excluding carboxylic acids is 1. The Bertz CT molecular complexity index is 895. The lowest BCUT2D eigenvalue weighted by atomic mass is 9.80. The fourth-order valence-electron chi connectivity index (χ4n) is 3.94. The van der Waals surface area contributed by atoms with Gasteiger partial charge in [-0.3, -0.25) is 9.78 Å². The molecule has 32 heavy (non-hydrogen) atoms. The number of alkyl halides is 3. The molecule has 2 aliphatic heterocycles.